The van der Waals surface area contributed by atoms with Gasteiger partial charge < -0.3 is 9.47 Å². The predicted molar refractivity (Wildman–Crippen MR) is 58.4 cm³/mol. The maximum Gasteiger partial charge on any atom is 0.382 e. The van der Waals surface area contributed by atoms with Crippen molar-refractivity contribution < 1.29 is 23.0 Å². The molecule has 0 amide bonds. The van der Waals surface area contributed by atoms with Crippen LogP contribution in [0.4, 0.5) is 8.78 Å². The number of benzene rings is 1. The van der Waals surface area contributed by atoms with E-state index in [1.807, 2.05) is 0 Å². The third kappa shape index (κ3) is 3.55. The molecule has 5 heteroatoms. The normalized spacial score (nSPS) is 10.8. The smallest absolute Gasteiger partial charge is 0.382 e. The summed E-state index contributed by atoms with van der Waals surface area (Å²) in [4.78, 5) is 11.1. The first-order valence-corrected chi connectivity index (χ1v) is 4.84. The number of methoxy groups -OCH3 is 1. The lowest BCUT2D eigenvalue weighted by Crippen LogP contribution is -2.32. The highest BCUT2D eigenvalue weighted by molar-refractivity contribution is 5.80. The third-order valence-electron chi connectivity index (χ3n) is 1.97. The molecule has 0 N–H and O–H groups in total. The van der Waals surface area contributed by atoms with Gasteiger partial charge in [0.2, 0.25) is 0 Å². The van der Waals surface area contributed by atoms with Crippen molar-refractivity contribution in [1.29, 1.82) is 0 Å². The van der Waals surface area contributed by atoms with E-state index in [4.69, 9.17) is 4.74 Å². The molecule has 0 unspecified atom stereocenters. The Morgan fingerprint density at radius 2 is 1.88 bits per heavy atom. The summed E-state index contributed by atoms with van der Waals surface area (Å²) < 4.78 is 35.6. The van der Waals surface area contributed by atoms with E-state index >= 15 is 0 Å². The van der Waals surface area contributed by atoms with Crippen LogP contribution in [0.2, 0.25) is 0 Å². The van der Waals surface area contributed by atoms with Crippen molar-refractivity contribution in [2.45, 2.75) is 12.3 Å². The zero-order valence-electron chi connectivity index (χ0n) is 9.28. The van der Waals surface area contributed by atoms with Crippen LogP contribution in [-0.4, -0.2) is 19.0 Å². The number of carbonyl (C=O) groups is 1. The number of esters is 1. The quantitative estimate of drug-likeness (QED) is 0.452. The van der Waals surface area contributed by atoms with E-state index in [0.717, 1.165) is 6.08 Å². The number of alkyl halides is 2. The van der Waals surface area contributed by atoms with Gasteiger partial charge in [0.15, 0.2) is 0 Å². The fraction of sp³-hybridized carbons (Fsp3) is 0.250. The molecule has 0 spiro atoms. The van der Waals surface area contributed by atoms with E-state index in [1.165, 1.54) is 31.4 Å². The number of ether oxygens (including phenoxy) is 2. The molecule has 0 bridgehead atoms. The minimum absolute atomic E-state index is 0.0412. The average Bonchev–Trinajstić information content (AvgIpc) is 2.30. The van der Waals surface area contributed by atoms with Gasteiger partial charge in [-0.15, -0.1) is 6.58 Å². The summed E-state index contributed by atoms with van der Waals surface area (Å²) in [7, 11) is 1.47. The summed E-state index contributed by atoms with van der Waals surface area (Å²) in [6, 6.07) is 5.77. The van der Waals surface area contributed by atoms with Gasteiger partial charge >= 0.3 is 11.9 Å². The summed E-state index contributed by atoms with van der Waals surface area (Å²) in [6.07, 6.45) is 0.220. The van der Waals surface area contributed by atoms with Crippen molar-refractivity contribution in [2.24, 2.45) is 0 Å². The van der Waals surface area contributed by atoms with Crippen LogP contribution in [0, 0.1) is 0 Å². The van der Waals surface area contributed by atoms with Gasteiger partial charge in [0.1, 0.15) is 11.5 Å². The Bertz CT molecular complexity index is 399. The van der Waals surface area contributed by atoms with Crippen molar-refractivity contribution >= 4 is 5.97 Å². The van der Waals surface area contributed by atoms with Crippen LogP contribution in [0.15, 0.2) is 36.9 Å². The monoisotopic (exact) mass is 242 g/mol. The van der Waals surface area contributed by atoms with Crippen LogP contribution in [0.25, 0.3) is 0 Å². The van der Waals surface area contributed by atoms with Crippen LogP contribution in [-0.2, 0) is 4.79 Å². The first-order valence-electron chi connectivity index (χ1n) is 4.84. The molecule has 1 aromatic carbocycles. The number of rotatable bonds is 5. The summed E-state index contributed by atoms with van der Waals surface area (Å²) in [5.74, 6) is -4.56. The zero-order valence-corrected chi connectivity index (χ0v) is 9.28. The topological polar surface area (TPSA) is 35.5 Å². The van der Waals surface area contributed by atoms with Gasteiger partial charge in [0.05, 0.1) is 7.11 Å². The number of hydrogen-bond acceptors (Lipinski definition) is 3. The number of halogens is 2. The van der Waals surface area contributed by atoms with Gasteiger partial charge in [-0.1, -0.05) is 6.08 Å². The van der Waals surface area contributed by atoms with E-state index in [-0.39, 0.29) is 5.75 Å². The van der Waals surface area contributed by atoms with Gasteiger partial charge in [-0.25, -0.2) is 4.79 Å². The van der Waals surface area contributed by atoms with Crippen molar-refractivity contribution in [1.82, 2.24) is 0 Å². The molecule has 0 saturated heterocycles. The minimum Gasteiger partial charge on any atom is -0.497 e. The molecular weight excluding hydrogens is 230 g/mol. The van der Waals surface area contributed by atoms with Crippen LogP contribution < -0.4 is 9.47 Å². The van der Waals surface area contributed by atoms with E-state index in [1.54, 1.807) is 0 Å². The lowest BCUT2D eigenvalue weighted by atomic mass is 10.2. The maximum absolute atomic E-state index is 13.1. The molecule has 92 valence electrons. The summed E-state index contributed by atoms with van der Waals surface area (Å²) in [5, 5.41) is 0. The first-order chi connectivity index (χ1) is 7.99. The highest BCUT2D eigenvalue weighted by atomic mass is 19.3. The van der Waals surface area contributed by atoms with Crippen LogP contribution in [0.1, 0.15) is 6.42 Å². The molecule has 0 saturated carbocycles. The molecule has 0 radical (unpaired) electrons. The van der Waals surface area contributed by atoms with Crippen LogP contribution >= 0.6 is 0 Å². The Kier molecular flexibility index (Phi) is 4.20. The molecule has 0 aromatic heterocycles. The second kappa shape index (κ2) is 5.43. The van der Waals surface area contributed by atoms with Crippen molar-refractivity contribution in [3.05, 3.63) is 36.9 Å². The predicted octanol–water partition coefficient (Wildman–Crippen LogP) is 2.81. The fourth-order valence-corrected chi connectivity index (χ4v) is 1.09. The highest BCUT2D eigenvalue weighted by Crippen LogP contribution is 2.23. The molecule has 3 nitrogen and oxygen atoms in total. The van der Waals surface area contributed by atoms with Gasteiger partial charge in [0, 0.05) is 6.42 Å². The molecule has 17 heavy (non-hydrogen) atoms. The minimum atomic E-state index is -3.55. The van der Waals surface area contributed by atoms with Gasteiger partial charge in [-0.05, 0) is 24.3 Å². The zero-order chi connectivity index (χ0) is 12.9. The number of hydrogen-bond donors (Lipinski definition) is 0. The maximum atomic E-state index is 13.1. The van der Waals surface area contributed by atoms with Gasteiger partial charge in [-0.3, -0.25) is 0 Å². The van der Waals surface area contributed by atoms with Crippen molar-refractivity contribution in [3.8, 4) is 11.5 Å². The lowest BCUT2D eigenvalue weighted by Gasteiger charge is -2.12. The molecule has 1 aromatic rings. The second-order valence-corrected chi connectivity index (χ2v) is 3.26. The molecule has 0 aliphatic carbocycles. The number of allylic oxidation sites excluding steroid dienone is 1. The molecule has 0 aliphatic heterocycles. The van der Waals surface area contributed by atoms with E-state index in [2.05, 4.69) is 11.3 Å². The standard InChI is InChI=1S/C12H12F2O3/c1-3-8-12(13,14)11(15)17-10-6-4-9(16-2)5-7-10/h3-7H,1,8H2,2H3. The van der Waals surface area contributed by atoms with E-state index in [9.17, 15) is 13.6 Å². The Labute approximate surface area is 97.7 Å². The summed E-state index contributed by atoms with van der Waals surface area (Å²) in [6.45, 7) is 3.15. The van der Waals surface area contributed by atoms with Gasteiger partial charge in [-0.2, -0.15) is 8.78 Å². The number of carbonyl (C=O) groups excluding carboxylic acids is 1. The third-order valence-corrected chi connectivity index (χ3v) is 1.97. The fourth-order valence-electron chi connectivity index (χ4n) is 1.09. The van der Waals surface area contributed by atoms with Crippen molar-refractivity contribution in [2.75, 3.05) is 7.11 Å². The molecule has 0 heterocycles. The molecular formula is C12H12F2O3. The van der Waals surface area contributed by atoms with E-state index < -0.39 is 18.3 Å². The lowest BCUT2D eigenvalue weighted by molar-refractivity contribution is -0.160. The highest BCUT2D eigenvalue weighted by Gasteiger charge is 2.39. The SMILES string of the molecule is C=CCC(F)(F)C(=O)Oc1ccc(OC)cc1. The molecule has 0 atom stereocenters. The Morgan fingerprint density at radius 1 is 1.35 bits per heavy atom. The largest absolute Gasteiger partial charge is 0.497 e. The van der Waals surface area contributed by atoms with E-state index in [0.29, 0.717) is 5.75 Å². The Balaban J connectivity index is 2.70. The van der Waals surface area contributed by atoms with Crippen molar-refractivity contribution in [3.63, 3.8) is 0 Å². The average molecular weight is 242 g/mol. The van der Waals surface area contributed by atoms with Crippen LogP contribution in [0.3, 0.4) is 0 Å². The second-order valence-electron chi connectivity index (χ2n) is 3.26. The summed E-state index contributed by atoms with van der Waals surface area (Å²) in [5.41, 5.74) is 0. The Hall–Kier alpha value is -1.91. The molecule has 0 aliphatic rings. The molecule has 0 fully saturated rings. The van der Waals surface area contributed by atoms with Crippen LogP contribution in [0.5, 0.6) is 11.5 Å². The molecule has 1 rings (SSSR count). The van der Waals surface area contributed by atoms with Gasteiger partial charge in [0.25, 0.3) is 0 Å². The summed E-state index contributed by atoms with van der Waals surface area (Å²) >= 11 is 0. The first kappa shape index (κ1) is 13.2. The Morgan fingerprint density at radius 3 is 2.35 bits per heavy atom.